The SMILES string of the molecule is Cc1cnccc1CNC1CCS(=O)(=O)c2ccccc21. The van der Waals surface area contributed by atoms with Crippen molar-refractivity contribution in [3.05, 3.63) is 59.4 Å². The average Bonchev–Trinajstić information content (AvgIpc) is 2.48. The number of hydrogen-bond donors (Lipinski definition) is 1. The van der Waals surface area contributed by atoms with Crippen molar-refractivity contribution >= 4 is 9.84 Å². The van der Waals surface area contributed by atoms with Crippen LogP contribution in [0.4, 0.5) is 0 Å². The molecule has 110 valence electrons. The third-order valence-corrected chi connectivity index (χ3v) is 5.80. The first kappa shape index (κ1) is 14.2. The zero-order valence-electron chi connectivity index (χ0n) is 11.9. The van der Waals surface area contributed by atoms with Crippen LogP contribution >= 0.6 is 0 Å². The lowest BCUT2D eigenvalue weighted by Crippen LogP contribution is -2.29. The zero-order valence-corrected chi connectivity index (χ0v) is 12.7. The summed E-state index contributed by atoms with van der Waals surface area (Å²) in [6.45, 7) is 2.75. The zero-order chi connectivity index (χ0) is 14.9. The molecule has 1 aromatic carbocycles. The number of fused-ring (bicyclic) bond motifs is 1. The van der Waals surface area contributed by atoms with Gasteiger partial charge in [0.15, 0.2) is 9.84 Å². The van der Waals surface area contributed by atoms with E-state index in [4.69, 9.17) is 0 Å². The smallest absolute Gasteiger partial charge is 0.178 e. The molecule has 3 rings (SSSR count). The van der Waals surface area contributed by atoms with E-state index < -0.39 is 9.84 Å². The highest BCUT2D eigenvalue weighted by atomic mass is 32.2. The maximum Gasteiger partial charge on any atom is 0.178 e. The van der Waals surface area contributed by atoms with Gasteiger partial charge in [0.25, 0.3) is 0 Å². The molecule has 0 radical (unpaired) electrons. The first-order valence-corrected chi connectivity index (χ1v) is 8.68. The van der Waals surface area contributed by atoms with Gasteiger partial charge in [-0.05, 0) is 42.2 Å². The third-order valence-electron chi connectivity index (χ3n) is 3.98. The van der Waals surface area contributed by atoms with Crippen molar-refractivity contribution in [1.82, 2.24) is 10.3 Å². The molecule has 1 aromatic heterocycles. The van der Waals surface area contributed by atoms with Crippen LogP contribution in [0.1, 0.15) is 29.2 Å². The third kappa shape index (κ3) is 2.84. The quantitative estimate of drug-likeness (QED) is 0.946. The molecule has 0 aliphatic carbocycles. The molecule has 4 nitrogen and oxygen atoms in total. The molecule has 1 aliphatic heterocycles. The summed E-state index contributed by atoms with van der Waals surface area (Å²) in [5, 5.41) is 3.48. The summed E-state index contributed by atoms with van der Waals surface area (Å²) in [6.07, 6.45) is 4.24. The number of nitrogens with one attached hydrogen (secondary N) is 1. The van der Waals surface area contributed by atoms with E-state index in [9.17, 15) is 8.42 Å². The van der Waals surface area contributed by atoms with E-state index >= 15 is 0 Å². The minimum absolute atomic E-state index is 0.0808. The Morgan fingerprint density at radius 2 is 2.10 bits per heavy atom. The maximum atomic E-state index is 12.1. The highest BCUT2D eigenvalue weighted by molar-refractivity contribution is 7.91. The fourth-order valence-corrected chi connectivity index (χ4v) is 4.36. The van der Waals surface area contributed by atoms with E-state index in [0.29, 0.717) is 17.9 Å². The Hall–Kier alpha value is -1.72. The van der Waals surface area contributed by atoms with Crippen LogP contribution in [0.15, 0.2) is 47.6 Å². The average molecular weight is 302 g/mol. The van der Waals surface area contributed by atoms with Crippen molar-refractivity contribution in [3.8, 4) is 0 Å². The lowest BCUT2D eigenvalue weighted by molar-refractivity contribution is 0.491. The Bertz CT molecular complexity index is 756. The summed E-state index contributed by atoms with van der Waals surface area (Å²) in [5.41, 5.74) is 3.22. The predicted molar refractivity (Wildman–Crippen MR) is 81.7 cm³/mol. The summed E-state index contributed by atoms with van der Waals surface area (Å²) >= 11 is 0. The molecular weight excluding hydrogens is 284 g/mol. The second kappa shape index (κ2) is 5.58. The van der Waals surface area contributed by atoms with Crippen molar-refractivity contribution in [2.45, 2.75) is 30.8 Å². The van der Waals surface area contributed by atoms with Crippen LogP contribution in [0, 0.1) is 6.92 Å². The standard InChI is InChI=1S/C16H18N2O2S/c1-12-10-17-8-6-13(12)11-18-15-7-9-21(19,20)16-5-3-2-4-14(15)16/h2-6,8,10,15,18H,7,9,11H2,1H3. The molecule has 1 N–H and O–H groups in total. The maximum absolute atomic E-state index is 12.1. The van der Waals surface area contributed by atoms with Crippen molar-refractivity contribution in [1.29, 1.82) is 0 Å². The molecule has 1 atom stereocenters. The minimum Gasteiger partial charge on any atom is -0.306 e. The monoisotopic (exact) mass is 302 g/mol. The topological polar surface area (TPSA) is 59.1 Å². The molecule has 0 fully saturated rings. The van der Waals surface area contributed by atoms with Gasteiger partial charge in [-0.25, -0.2) is 8.42 Å². The minimum atomic E-state index is -3.12. The molecule has 0 saturated heterocycles. The van der Waals surface area contributed by atoms with Crippen molar-refractivity contribution < 1.29 is 8.42 Å². The number of benzene rings is 1. The largest absolute Gasteiger partial charge is 0.306 e. The number of nitrogens with zero attached hydrogens (tertiary/aromatic N) is 1. The molecule has 1 aliphatic rings. The summed E-state index contributed by atoms with van der Waals surface area (Å²) in [6, 6.07) is 9.36. The van der Waals surface area contributed by atoms with Gasteiger partial charge in [0.1, 0.15) is 0 Å². The lowest BCUT2D eigenvalue weighted by atomic mass is 10.0. The number of rotatable bonds is 3. The molecule has 5 heteroatoms. The van der Waals surface area contributed by atoms with Gasteiger partial charge in [0.2, 0.25) is 0 Å². The van der Waals surface area contributed by atoms with E-state index in [1.54, 1.807) is 18.3 Å². The Labute approximate surface area is 125 Å². The van der Waals surface area contributed by atoms with Crippen LogP contribution < -0.4 is 5.32 Å². The number of pyridine rings is 1. The van der Waals surface area contributed by atoms with E-state index in [-0.39, 0.29) is 11.8 Å². The van der Waals surface area contributed by atoms with E-state index in [0.717, 1.165) is 11.1 Å². The Morgan fingerprint density at radius 1 is 1.29 bits per heavy atom. The van der Waals surface area contributed by atoms with Crippen molar-refractivity contribution in [2.24, 2.45) is 0 Å². The first-order valence-electron chi connectivity index (χ1n) is 7.02. The van der Waals surface area contributed by atoms with Crippen LogP contribution in [0.2, 0.25) is 0 Å². The van der Waals surface area contributed by atoms with Crippen molar-refractivity contribution in [3.63, 3.8) is 0 Å². The molecular formula is C16H18N2O2S. The van der Waals surface area contributed by atoms with Gasteiger partial charge in [0, 0.05) is 25.0 Å². The molecule has 2 aromatic rings. The Balaban J connectivity index is 1.83. The van der Waals surface area contributed by atoms with Gasteiger partial charge in [-0.15, -0.1) is 0 Å². The molecule has 0 bridgehead atoms. The number of hydrogen-bond acceptors (Lipinski definition) is 4. The van der Waals surface area contributed by atoms with E-state index in [1.807, 2.05) is 31.3 Å². The highest BCUT2D eigenvalue weighted by Crippen LogP contribution is 2.32. The molecule has 21 heavy (non-hydrogen) atoms. The summed E-state index contributed by atoms with van der Waals surface area (Å²) in [5.74, 6) is 0.205. The van der Waals surface area contributed by atoms with Gasteiger partial charge >= 0.3 is 0 Å². The second-order valence-corrected chi connectivity index (χ2v) is 7.46. The van der Waals surface area contributed by atoms with Crippen molar-refractivity contribution in [2.75, 3.05) is 5.75 Å². The summed E-state index contributed by atoms with van der Waals surface area (Å²) in [7, 11) is -3.12. The molecule has 0 saturated carbocycles. The number of aromatic nitrogens is 1. The van der Waals surface area contributed by atoms with Crippen LogP contribution in [0.3, 0.4) is 0 Å². The lowest BCUT2D eigenvalue weighted by Gasteiger charge is -2.26. The van der Waals surface area contributed by atoms with Gasteiger partial charge in [-0.1, -0.05) is 18.2 Å². The van der Waals surface area contributed by atoms with Crippen LogP contribution in [-0.2, 0) is 16.4 Å². The molecule has 0 spiro atoms. The fourth-order valence-electron chi connectivity index (χ4n) is 2.74. The summed E-state index contributed by atoms with van der Waals surface area (Å²) < 4.78 is 24.2. The fraction of sp³-hybridized carbons (Fsp3) is 0.312. The molecule has 0 amide bonds. The Kier molecular flexibility index (Phi) is 3.78. The Morgan fingerprint density at radius 3 is 2.90 bits per heavy atom. The van der Waals surface area contributed by atoms with Gasteiger partial charge in [-0.3, -0.25) is 4.98 Å². The van der Waals surface area contributed by atoms with Crippen LogP contribution in [0.5, 0.6) is 0 Å². The van der Waals surface area contributed by atoms with E-state index in [1.165, 1.54) is 5.56 Å². The van der Waals surface area contributed by atoms with Gasteiger partial charge in [0.05, 0.1) is 10.6 Å². The highest BCUT2D eigenvalue weighted by Gasteiger charge is 2.29. The molecule has 1 unspecified atom stereocenters. The van der Waals surface area contributed by atoms with Crippen LogP contribution in [0.25, 0.3) is 0 Å². The first-order chi connectivity index (χ1) is 10.1. The predicted octanol–water partition coefficient (Wildman–Crippen LogP) is 2.40. The van der Waals surface area contributed by atoms with E-state index in [2.05, 4.69) is 10.3 Å². The molecule has 2 heterocycles. The van der Waals surface area contributed by atoms with Gasteiger partial charge in [-0.2, -0.15) is 0 Å². The van der Waals surface area contributed by atoms with Gasteiger partial charge < -0.3 is 5.32 Å². The summed E-state index contributed by atoms with van der Waals surface area (Å²) in [4.78, 5) is 4.56. The second-order valence-electron chi connectivity index (χ2n) is 5.38. The normalized spacial score (nSPS) is 20.0. The number of sulfone groups is 1. The van der Waals surface area contributed by atoms with Crippen LogP contribution in [-0.4, -0.2) is 19.2 Å². The number of aryl methyl sites for hydroxylation is 1.